The number of nitrogens with one attached hydrogen (secondary N) is 2. The Morgan fingerprint density at radius 2 is 1.85 bits per heavy atom. The summed E-state index contributed by atoms with van der Waals surface area (Å²) in [7, 11) is 0. The molecule has 0 unspecified atom stereocenters. The quantitative estimate of drug-likeness (QED) is 0.165. The Kier molecular flexibility index (Phi) is 9.05. The van der Waals surface area contributed by atoms with Crippen LogP contribution in [0.25, 0.3) is 0 Å². The molecule has 0 aromatic heterocycles. The lowest BCUT2D eigenvalue weighted by Gasteiger charge is -2.62. The Morgan fingerprint density at radius 3 is 2.55 bits per heavy atom. The lowest BCUT2D eigenvalue weighted by molar-refractivity contribution is -0.763. The number of aliphatic hydroxyl groups is 2. The summed E-state index contributed by atoms with van der Waals surface area (Å²) in [5.74, 6) is -3.39. The summed E-state index contributed by atoms with van der Waals surface area (Å²) in [5, 5.41) is 37.9. The highest BCUT2D eigenvalue weighted by atomic mass is 19.1. The minimum atomic E-state index is -2.12. The van der Waals surface area contributed by atoms with Gasteiger partial charge in [-0.05, 0) is 55.2 Å². The highest BCUT2D eigenvalue weighted by Gasteiger charge is 2.75. The van der Waals surface area contributed by atoms with Gasteiger partial charge in [0.15, 0.2) is 18.1 Å². The predicted molar refractivity (Wildman–Crippen MR) is 162 cm³/mol. The van der Waals surface area contributed by atoms with E-state index in [-0.39, 0.29) is 38.2 Å². The summed E-state index contributed by atoms with van der Waals surface area (Å²) < 4.78 is 22.4. The standard InChI is InChI=1S/C33H40FN3O10/c1-19-12-25-24-9-8-22-13-23(38)10-11-30(22,2)32(24,34)26(39)14-31(25,3)33(19,43)27(40)18-46-29(42)36-16-28(41)35-15-20-6-4-5-7-21(20)17-47-37(44)45/h4-8,10-11,19,24-26,39,43H,9,12-18H2,1-3H3,(H,35,41)(H,36,42)/t19-,24+,25+,26+,30+,31+,32+,33+/m1/s1. The molecule has 0 spiro atoms. The molecule has 5 rings (SSSR count). The number of hydrogen-bond donors (Lipinski definition) is 4. The number of halogens is 1. The predicted octanol–water partition coefficient (Wildman–Crippen LogP) is 2.65. The number of benzene rings is 1. The van der Waals surface area contributed by atoms with Gasteiger partial charge in [-0.2, -0.15) is 0 Å². The number of nitrogens with zero attached hydrogens (tertiary/aromatic N) is 1. The SMILES string of the molecule is C[C@@H]1C[C@H]2[C@@H]3CC=C4CC(=O)C=C[C@]4(C)[C@@]3(F)[C@@H](O)C[C@]2(C)[C@@]1(O)C(=O)COC(=O)NCC(=O)NCc1ccccc1CO[N+](=O)[O-]. The maximum atomic E-state index is 17.3. The molecule has 0 heterocycles. The van der Waals surface area contributed by atoms with Gasteiger partial charge in [-0.3, -0.25) is 14.4 Å². The van der Waals surface area contributed by atoms with Crippen LogP contribution in [0, 0.1) is 38.7 Å². The van der Waals surface area contributed by atoms with Crippen LogP contribution in [0.3, 0.4) is 0 Å². The molecule has 254 valence electrons. The van der Waals surface area contributed by atoms with E-state index in [0.29, 0.717) is 23.1 Å². The maximum absolute atomic E-state index is 17.3. The number of hydrogen-bond acceptors (Lipinski definition) is 10. The lowest BCUT2D eigenvalue weighted by atomic mass is 9.45. The van der Waals surface area contributed by atoms with E-state index in [1.165, 1.54) is 6.08 Å². The molecule has 1 aromatic carbocycles. The van der Waals surface area contributed by atoms with Crippen LogP contribution >= 0.6 is 0 Å². The number of carbonyl (C=O) groups is 4. The van der Waals surface area contributed by atoms with Crippen molar-refractivity contribution in [1.82, 2.24) is 10.6 Å². The van der Waals surface area contributed by atoms with Crippen molar-refractivity contribution < 1.29 is 48.4 Å². The Hall–Kier alpha value is -4.17. The average molecular weight is 658 g/mol. The van der Waals surface area contributed by atoms with E-state index in [0.717, 1.165) is 0 Å². The highest BCUT2D eigenvalue weighted by Crippen LogP contribution is 2.70. The van der Waals surface area contributed by atoms with Crippen LogP contribution in [-0.4, -0.2) is 69.4 Å². The van der Waals surface area contributed by atoms with E-state index in [1.54, 1.807) is 51.1 Å². The van der Waals surface area contributed by atoms with Gasteiger partial charge < -0.3 is 30.4 Å². The zero-order chi connectivity index (χ0) is 34.4. The fraction of sp³-hybridized carbons (Fsp3) is 0.576. The van der Waals surface area contributed by atoms with Crippen molar-refractivity contribution in [2.75, 3.05) is 13.2 Å². The first-order chi connectivity index (χ1) is 22.1. The molecule has 4 aliphatic rings. The van der Waals surface area contributed by atoms with E-state index in [2.05, 4.69) is 15.5 Å². The Bertz CT molecular complexity index is 1550. The van der Waals surface area contributed by atoms with Crippen LogP contribution in [0.5, 0.6) is 0 Å². The van der Waals surface area contributed by atoms with Crippen molar-refractivity contribution in [1.29, 1.82) is 0 Å². The van der Waals surface area contributed by atoms with Gasteiger partial charge in [-0.15, -0.1) is 10.1 Å². The molecule has 47 heavy (non-hydrogen) atoms. The largest absolute Gasteiger partial charge is 0.441 e. The number of aliphatic hydroxyl groups excluding tert-OH is 1. The number of ether oxygens (including phenoxy) is 1. The summed E-state index contributed by atoms with van der Waals surface area (Å²) in [6.07, 6.45) is 2.56. The van der Waals surface area contributed by atoms with Gasteiger partial charge in [-0.1, -0.05) is 55.8 Å². The third-order valence-electron chi connectivity index (χ3n) is 11.3. The molecule has 8 atom stereocenters. The molecule has 14 heteroatoms. The van der Waals surface area contributed by atoms with Gasteiger partial charge in [0.1, 0.15) is 18.8 Å². The van der Waals surface area contributed by atoms with E-state index >= 15 is 4.39 Å². The summed E-state index contributed by atoms with van der Waals surface area (Å²) in [4.78, 5) is 65.4. The summed E-state index contributed by atoms with van der Waals surface area (Å²) >= 11 is 0. The molecule has 2 fully saturated rings. The number of ketones is 2. The minimum absolute atomic E-state index is 0.00758. The second-order valence-corrected chi connectivity index (χ2v) is 13.6. The first kappa shape index (κ1) is 34.2. The smallest absolute Gasteiger partial charge is 0.408 e. The molecule has 0 aliphatic heterocycles. The van der Waals surface area contributed by atoms with Gasteiger partial charge in [0.2, 0.25) is 11.7 Å². The molecule has 4 N–H and O–H groups in total. The molecular formula is C33H40FN3O10. The second kappa shape index (κ2) is 12.5. The molecule has 0 saturated heterocycles. The van der Waals surface area contributed by atoms with Crippen LogP contribution in [-0.2, 0) is 37.1 Å². The van der Waals surface area contributed by atoms with Gasteiger partial charge in [0.05, 0.1) is 6.10 Å². The van der Waals surface area contributed by atoms with Gasteiger partial charge in [-0.25, -0.2) is 9.18 Å². The number of alkyl carbamates (subject to hydrolysis) is 1. The third-order valence-corrected chi connectivity index (χ3v) is 11.3. The summed E-state index contributed by atoms with van der Waals surface area (Å²) in [6.45, 7) is 3.45. The van der Waals surface area contributed by atoms with Crippen LogP contribution in [0.1, 0.15) is 57.6 Å². The topological polar surface area (TPSA) is 194 Å². The summed E-state index contributed by atoms with van der Waals surface area (Å²) in [5.41, 5.74) is -4.90. The zero-order valence-electron chi connectivity index (χ0n) is 26.5. The molecule has 2 saturated carbocycles. The molecule has 4 aliphatic carbocycles. The number of carbonyl (C=O) groups excluding carboxylic acids is 4. The van der Waals surface area contributed by atoms with E-state index in [4.69, 9.17) is 4.74 Å². The van der Waals surface area contributed by atoms with Gasteiger partial charge in [0.25, 0.3) is 5.09 Å². The number of fused-ring (bicyclic) bond motifs is 5. The molecule has 1 aromatic rings. The molecular weight excluding hydrogens is 617 g/mol. The first-order valence-corrected chi connectivity index (χ1v) is 15.6. The van der Waals surface area contributed by atoms with E-state index < -0.39 is 82.0 Å². The normalized spacial score (nSPS) is 35.4. The zero-order valence-corrected chi connectivity index (χ0v) is 26.5. The van der Waals surface area contributed by atoms with Gasteiger partial charge in [0, 0.05) is 29.7 Å². The minimum Gasteiger partial charge on any atom is -0.441 e. The average Bonchev–Trinajstić information content (AvgIpc) is 3.23. The fourth-order valence-corrected chi connectivity index (χ4v) is 8.74. The third kappa shape index (κ3) is 5.60. The monoisotopic (exact) mass is 657 g/mol. The van der Waals surface area contributed by atoms with Crippen molar-refractivity contribution in [2.45, 2.75) is 77.0 Å². The van der Waals surface area contributed by atoms with E-state index in [1.807, 2.05) is 6.08 Å². The van der Waals surface area contributed by atoms with Crippen molar-refractivity contribution in [3.05, 3.63) is 69.3 Å². The first-order valence-electron chi connectivity index (χ1n) is 15.6. The highest BCUT2D eigenvalue weighted by molar-refractivity contribution is 5.94. The lowest BCUT2D eigenvalue weighted by Crippen LogP contribution is -2.69. The van der Waals surface area contributed by atoms with E-state index in [9.17, 15) is 39.5 Å². The molecule has 0 radical (unpaired) electrons. The van der Waals surface area contributed by atoms with Crippen LogP contribution in [0.2, 0.25) is 0 Å². The number of rotatable bonds is 10. The van der Waals surface area contributed by atoms with Crippen molar-refractivity contribution in [3.8, 4) is 0 Å². The Morgan fingerprint density at radius 1 is 1.15 bits per heavy atom. The van der Waals surface area contributed by atoms with Crippen LogP contribution < -0.4 is 10.6 Å². The Labute approximate surface area is 270 Å². The number of alkyl halides is 1. The molecule has 13 nitrogen and oxygen atoms in total. The number of amides is 2. The van der Waals surface area contributed by atoms with Crippen molar-refractivity contribution >= 4 is 23.6 Å². The fourth-order valence-electron chi connectivity index (χ4n) is 8.74. The van der Waals surface area contributed by atoms with Gasteiger partial charge >= 0.3 is 6.09 Å². The van der Waals surface area contributed by atoms with Crippen LogP contribution in [0.4, 0.5) is 9.18 Å². The molecule has 2 amide bonds. The van der Waals surface area contributed by atoms with Crippen molar-refractivity contribution in [3.63, 3.8) is 0 Å². The second-order valence-electron chi connectivity index (χ2n) is 13.6. The maximum Gasteiger partial charge on any atom is 0.408 e. The number of Topliss-reactive ketones (excluding diaryl/α,β-unsaturated/α-hetero) is 1. The molecule has 0 bridgehead atoms. The van der Waals surface area contributed by atoms with Crippen LogP contribution in [0.15, 0.2) is 48.1 Å². The van der Waals surface area contributed by atoms with Crippen molar-refractivity contribution in [2.24, 2.45) is 28.6 Å². The Balaban J connectivity index is 1.19. The number of allylic oxidation sites excluding steroid dienone is 4. The summed E-state index contributed by atoms with van der Waals surface area (Å²) in [6, 6.07) is 6.62.